The summed E-state index contributed by atoms with van der Waals surface area (Å²) >= 11 is 0. The molecular formula is C10H14O4. The lowest BCUT2D eigenvalue weighted by Gasteiger charge is -2.03. The normalized spacial score (nSPS) is 15.4. The second-order valence-electron chi connectivity index (χ2n) is 3.13. The number of hydrogen-bond donors (Lipinski definition) is 0. The van der Waals surface area contributed by atoms with Gasteiger partial charge in [0, 0.05) is 0 Å². The van der Waals surface area contributed by atoms with Gasteiger partial charge in [0.05, 0.1) is 12.7 Å². The van der Waals surface area contributed by atoms with Crippen LogP contribution < -0.4 is 0 Å². The van der Waals surface area contributed by atoms with Crippen molar-refractivity contribution in [3.05, 3.63) is 11.8 Å². The summed E-state index contributed by atoms with van der Waals surface area (Å²) < 4.78 is 9.35. The molecule has 1 heterocycles. The van der Waals surface area contributed by atoms with Crippen LogP contribution in [-0.2, 0) is 19.1 Å². The number of esters is 2. The van der Waals surface area contributed by atoms with Crippen LogP contribution >= 0.6 is 0 Å². The van der Waals surface area contributed by atoms with E-state index in [0.717, 1.165) is 31.8 Å². The van der Waals surface area contributed by atoms with Gasteiger partial charge in [0.2, 0.25) is 5.76 Å². The quantitative estimate of drug-likeness (QED) is 0.369. The predicted molar refractivity (Wildman–Crippen MR) is 49.3 cm³/mol. The Hall–Kier alpha value is -1.32. The van der Waals surface area contributed by atoms with E-state index >= 15 is 0 Å². The monoisotopic (exact) mass is 198 g/mol. The number of ether oxygens (including phenoxy) is 2. The van der Waals surface area contributed by atoms with Crippen LogP contribution in [0.1, 0.15) is 32.6 Å². The molecule has 0 aromatic heterocycles. The van der Waals surface area contributed by atoms with Crippen molar-refractivity contribution in [3.8, 4) is 0 Å². The summed E-state index contributed by atoms with van der Waals surface area (Å²) in [5, 5.41) is 0. The van der Waals surface area contributed by atoms with Crippen LogP contribution in [0, 0.1) is 0 Å². The highest BCUT2D eigenvalue weighted by molar-refractivity contribution is 6.07. The first-order valence-corrected chi connectivity index (χ1v) is 4.84. The van der Waals surface area contributed by atoms with Crippen molar-refractivity contribution >= 4 is 11.9 Å². The van der Waals surface area contributed by atoms with Crippen LogP contribution in [0.4, 0.5) is 0 Å². The Morgan fingerprint density at radius 1 is 1.29 bits per heavy atom. The molecule has 1 aliphatic rings. The minimum atomic E-state index is -0.675. The van der Waals surface area contributed by atoms with Crippen molar-refractivity contribution in [1.29, 1.82) is 0 Å². The van der Waals surface area contributed by atoms with E-state index in [9.17, 15) is 9.59 Å². The summed E-state index contributed by atoms with van der Waals surface area (Å²) in [6.45, 7) is 2.59. The molecule has 0 radical (unpaired) electrons. The van der Waals surface area contributed by atoms with Gasteiger partial charge in [-0.1, -0.05) is 26.2 Å². The Morgan fingerprint density at radius 3 is 2.64 bits per heavy atom. The Morgan fingerprint density at radius 2 is 2.07 bits per heavy atom. The fraction of sp³-hybridized carbons (Fsp3) is 0.600. The molecule has 0 saturated heterocycles. The van der Waals surface area contributed by atoms with Gasteiger partial charge in [-0.3, -0.25) is 0 Å². The van der Waals surface area contributed by atoms with E-state index in [-0.39, 0.29) is 5.76 Å². The average molecular weight is 198 g/mol. The minimum absolute atomic E-state index is 0.0338. The lowest BCUT2D eigenvalue weighted by Crippen LogP contribution is -2.05. The third kappa shape index (κ3) is 3.20. The number of rotatable bonds is 6. The van der Waals surface area contributed by atoms with Crippen LogP contribution in [-0.4, -0.2) is 18.5 Å². The maximum Gasteiger partial charge on any atom is 0.381 e. The van der Waals surface area contributed by atoms with E-state index in [1.807, 2.05) is 0 Å². The molecule has 0 aromatic carbocycles. The van der Waals surface area contributed by atoms with Crippen molar-refractivity contribution in [1.82, 2.24) is 0 Å². The van der Waals surface area contributed by atoms with Crippen LogP contribution in [0.3, 0.4) is 0 Å². The number of carbonyl (C=O) groups is 2. The van der Waals surface area contributed by atoms with Crippen molar-refractivity contribution in [3.63, 3.8) is 0 Å². The molecule has 0 atom stereocenters. The molecule has 1 aliphatic heterocycles. The van der Waals surface area contributed by atoms with Crippen molar-refractivity contribution in [2.24, 2.45) is 0 Å². The van der Waals surface area contributed by atoms with Gasteiger partial charge in [-0.2, -0.15) is 0 Å². The zero-order valence-electron chi connectivity index (χ0n) is 8.25. The van der Waals surface area contributed by atoms with Crippen molar-refractivity contribution in [2.45, 2.75) is 32.6 Å². The van der Waals surface area contributed by atoms with E-state index in [2.05, 4.69) is 11.7 Å². The fourth-order valence-electron chi connectivity index (χ4n) is 1.15. The van der Waals surface area contributed by atoms with Gasteiger partial charge in [0.1, 0.15) is 0 Å². The third-order valence-corrected chi connectivity index (χ3v) is 1.90. The molecule has 78 valence electrons. The van der Waals surface area contributed by atoms with E-state index in [4.69, 9.17) is 4.74 Å². The Labute approximate surface area is 82.9 Å². The molecule has 0 aliphatic carbocycles. The molecule has 0 N–H and O–H groups in total. The second-order valence-corrected chi connectivity index (χ2v) is 3.13. The highest BCUT2D eigenvalue weighted by Crippen LogP contribution is 2.10. The lowest BCUT2D eigenvalue weighted by molar-refractivity contribution is -0.152. The molecular weight excluding hydrogens is 184 g/mol. The summed E-state index contributed by atoms with van der Waals surface area (Å²) in [4.78, 5) is 21.5. The molecule has 0 amide bonds. The van der Waals surface area contributed by atoms with Gasteiger partial charge in [-0.05, 0) is 6.42 Å². The Bertz CT molecular complexity index is 255. The lowest BCUT2D eigenvalue weighted by atomic mass is 10.2. The first-order valence-electron chi connectivity index (χ1n) is 4.84. The number of hydrogen-bond acceptors (Lipinski definition) is 4. The molecule has 0 bridgehead atoms. The zero-order chi connectivity index (χ0) is 10.4. The van der Waals surface area contributed by atoms with Crippen molar-refractivity contribution < 1.29 is 19.1 Å². The number of cyclic esters (lactones) is 2. The van der Waals surface area contributed by atoms with Crippen LogP contribution in [0.2, 0.25) is 0 Å². The first-order chi connectivity index (χ1) is 6.74. The maximum atomic E-state index is 10.9. The minimum Gasteiger partial charge on any atom is -0.486 e. The predicted octanol–water partition coefficient (Wildman–Crippen LogP) is 1.55. The molecule has 4 nitrogen and oxygen atoms in total. The molecule has 0 aromatic rings. The van der Waals surface area contributed by atoms with Crippen LogP contribution in [0.5, 0.6) is 0 Å². The zero-order valence-corrected chi connectivity index (χ0v) is 8.25. The number of unbranched alkanes of at least 4 members (excludes halogenated alkanes) is 3. The van der Waals surface area contributed by atoms with Gasteiger partial charge in [0.15, 0.2) is 0 Å². The highest BCUT2D eigenvalue weighted by atomic mass is 16.6. The third-order valence-electron chi connectivity index (χ3n) is 1.90. The summed E-state index contributed by atoms with van der Waals surface area (Å²) in [6, 6.07) is 0. The molecule has 0 spiro atoms. The second kappa shape index (κ2) is 5.42. The van der Waals surface area contributed by atoms with E-state index in [1.54, 1.807) is 0 Å². The van der Waals surface area contributed by atoms with Gasteiger partial charge < -0.3 is 9.47 Å². The fourth-order valence-corrected chi connectivity index (χ4v) is 1.15. The standard InChI is InChI=1S/C10H14O4/c1-2-3-4-5-6-13-8-7-9(11)14-10(8)12/h7H,2-6H2,1H3. The first kappa shape index (κ1) is 10.8. The largest absolute Gasteiger partial charge is 0.486 e. The van der Waals surface area contributed by atoms with Gasteiger partial charge in [0.25, 0.3) is 0 Å². The van der Waals surface area contributed by atoms with Gasteiger partial charge >= 0.3 is 11.9 Å². The highest BCUT2D eigenvalue weighted by Gasteiger charge is 2.24. The van der Waals surface area contributed by atoms with Gasteiger partial charge in [-0.25, -0.2) is 9.59 Å². The molecule has 0 unspecified atom stereocenters. The molecule has 0 saturated carbocycles. The maximum absolute atomic E-state index is 10.9. The summed E-state index contributed by atoms with van der Waals surface area (Å²) in [5.74, 6) is -1.28. The molecule has 14 heavy (non-hydrogen) atoms. The molecule has 4 heteroatoms. The van der Waals surface area contributed by atoms with Crippen molar-refractivity contribution in [2.75, 3.05) is 6.61 Å². The number of carbonyl (C=O) groups excluding carboxylic acids is 2. The average Bonchev–Trinajstić information content (AvgIpc) is 2.45. The molecule has 1 rings (SSSR count). The summed E-state index contributed by atoms with van der Waals surface area (Å²) in [5.41, 5.74) is 0. The summed E-state index contributed by atoms with van der Waals surface area (Å²) in [7, 11) is 0. The Kier molecular flexibility index (Phi) is 4.16. The van der Waals surface area contributed by atoms with Gasteiger partial charge in [-0.15, -0.1) is 0 Å². The topological polar surface area (TPSA) is 52.6 Å². The van der Waals surface area contributed by atoms with Crippen LogP contribution in [0.15, 0.2) is 11.8 Å². The Balaban J connectivity index is 2.15. The van der Waals surface area contributed by atoms with Crippen LogP contribution in [0.25, 0.3) is 0 Å². The smallest absolute Gasteiger partial charge is 0.381 e. The summed E-state index contributed by atoms with van der Waals surface area (Å²) in [6.07, 6.45) is 5.37. The van der Waals surface area contributed by atoms with E-state index in [0.29, 0.717) is 6.61 Å². The molecule has 0 fully saturated rings. The van der Waals surface area contributed by atoms with E-state index < -0.39 is 11.9 Å². The SMILES string of the molecule is CCCCCCOC1=CC(=O)OC1=O. The van der Waals surface area contributed by atoms with E-state index in [1.165, 1.54) is 0 Å².